The van der Waals surface area contributed by atoms with Gasteiger partial charge in [0.15, 0.2) is 9.84 Å². The Labute approximate surface area is 173 Å². The molecule has 27 heavy (non-hydrogen) atoms. The summed E-state index contributed by atoms with van der Waals surface area (Å²) in [5, 5.41) is 3.06. The Morgan fingerprint density at radius 2 is 1.81 bits per heavy atom. The van der Waals surface area contributed by atoms with Gasteiger partial charge in [-0.3, -0.25) is 4.79 Å². The van der Waals surface area contributed by atoms with Crippen LogP contribution in [0.5, 0.6) is 5.75 Å². The average Bonchev–Trinajstić information content (AvgIpc) is 2.61. The minimum absolute atomic E-state index is 0.0689. The molecular formula is C19H21BrClNO4S. The molecule has 2 aromatic rings. The molecule has 0 fully saturated rings. The normalized spacial score (nSPS) is 11.9. The number of ether oxygens (including phenoxy) is 1. The molecule has 1 N–H and O–H groups in total. The SMILES string of the molecule is CCCOc1ccc(Cl)cc1NC(=O)C(C)(C)S(=O)(=O)c1ccc(Br)cc1. The van der Waals surface area contributed by atoms with Crippen LogP contribution in [0.2, 0.25) is 5.02 Å². The summed E-state index contributed by atoms with van der Waals surface area (Å²) in [6.45, 7) is 5.17. The quantitative estimate of drug-likeness (QED) is 0.607. The van der Waals surface area contributed by atoms with Gasteiger partial charge in [0.25, 0.3) is 0 Å². The monoisotopic (exact) mass is 473 g/mol. The molecule has 0 heterocycles. The van der Waals surface area contributed by atoms with Crippen molar-refractivity contribution in [3.8, 4) is 5.75 Å². The highest BCUT2D eigenvalue weighted by molar-refractivity contribution is 9.10. The first kappa shape index (κ1) is 21.7. The summed E-state index contributed by atoms with van der Waals surface area (Å²) in [5.41, 5.74) is 0.333. The van der Waals surface area contributed by atoms with Crippen molar-refractivity contribution in [3.05, 3.63) is 52.0 Å². The van der Waals surface area contributed by atoms with Crippen LogP contribution in [0.3, 0.4) is 0 Å². The molecule has 0 saturated heterocycles. The number of nitrogens with one attached hydrogen (secondary N) is 1. The Balaban J connectivity index is 2.33. The summed E-state index contributed by atoms with van der Waals surface area (Å²) in [4.78, 5) is 12.9. The van der Waals surface area contributed by atoms with Gasteiger partial charge >= 0.3 is 0 Å². The third kappa shape index (κ3) is 4.83. The highest BCUT2D eigenvalue weighted by Gasteiger charge is 2.43. The first-order valence-electron chi connectivity index (χ1n) is 8.33. The zero-order chi connectivity index (χ0) is 20.2. The van der Waals surface area contributed by atoms with Crippen molar-refractivity contribution >= 4 is 49.0 Å². The van der Waals surface area contributed by atoms with Crippen LogP contribution in [-0.4, -0.2) is 25.7 Å². The number of hydrogen-bond acceptors (Lipinski definition) is 4. The fraction of sp³-hybridized carbons (Fsp3) is 0.316. The fourth-order valence-corrected chi connectivity index (χ4v) is 4.06. The molecule has 0 aromatic heterocycles. The summed E-state index contributed by atoms with van der Waals surface area (Å²) in [5.74, 6) is -0.236. The minimum Gasteiger partial charge on any atom is -0.491 e. The molecule has 0 spiro atoms. The van der Waals surface area contributed by atoms with Crippen molar-refractivity contribution in [2.45, 2.75) is 36.8 Å². The number of halogens is 2. The van der Waals surface area contributed by atoms with Crippen LogP contribution in [0, 0.1) is 0 Å². The van der Waals surface area contributed by atoms with Gasteiger partial charge in [-0.15, -0.1) is 0 Å². The van der Waals surface area contributed by atoms with E-state index in [4.69, 9.17) is 16.3 Å². The van der Waals surface area contributed by atoms with Gasteiger partial charge in [0.05, 0.1) is 17.2 Å². The average molecular weight is 475 g/mol. The highest BCUT2D eigenvalue weighted by atomic mass is 79.9. The molecule has 0 unspecified atom stereocenters. The lowest BCUT2D eigenvalue weighted by Gasteiger charge is -2.24. The van der Waals surface area contributed by atoms with Crippen LogP contribution in [0.15, 0.2) is 51.8 Å². The van der Waals surface area contributed by atoms with Crippen LogP contribution >= 0.6 is 27.5 Å². The molecule has 8 heteroatoms. The first-order valence-corrected chi connectivity index (χ1v) is 11.0. The maximum atomic E-state index is 13.0. The molecule has 0 aliphatic heterocycles. The Bertz CT molecular complexity index is 927. The molecular weight excluding hydrogens is 454 g/mol. The lowest BCUT2D eigenvalue weighted by molar-refractivity contribution is -0.117. The summed E-state index contributed by atoms with van der Waals surface area (Å²) in [7, 11) is -3.92. The predicted octanol–water partition coefficient (Wildman–Crippen LogP) is 5.08. The summed E-state index contributed by atoms with van der Waals surface area (Å²) < 4.78 is 30.6. The zero-order valence-corrected chi connectivity index (χ0v) is 18.4. The Hall–Kier alpha value is -1.57. The zero-order valence-electron chi connectivity index (χ0n) is 15.3. The van der Waals surface area contributed by atoms with E-state index in [0.29, 0.717) is 23.1 Å². The Kier molecular flexibility index (Phi) is 6.94. The van der Waals surface area contributed by atoms with Crippen LogP contribution < -0.4 is 10.1 Å². The van der Waals surface area contributed by atoms with E-state index >= 15 is 0 Å². The van der Waals surface area contributed by atoms with Gasteiger partial charge in [0.1, 0.15) is 10.5 Å². The van der Waals surface area contributed by atoms with Gasteiger partial charge < -0.3 is 10.1 Å². The smallest absolute Gasteiger partial charge is 0.245 e. The molecule has 0 radical (unpaired) electrons. The van der Waals surface area contributed by atoms with E-state index in [2.05, 4.69) is 21.2 Å². The van der Waals surface area contributed by atoms with Gasteiger partial charge in [-0.05, 0) is 62.7 Å². The number of rotatable bonds is 7. The second kappa shape index (κ2) is 8.63. The van der Waals surface area contributed by atoms with Crippen LogP contribution in [0.25, 0.3) is 0 Å². The van der Waals surface area contributed by atoms with E-state index in [1.54, 1.807) is 24.3 Å². The van der Waals surface area contributed by atoms with E-state index in [0.717, 1.165) is 10.9 Å². The van der Waals surface area contributed by atoms with E-state index in [1.165, 1.54) is 32.0 Å². The molecule has 0 bridgehead atoms. The van der Waals surface area contributed by atoms with Crippen LogP contribution in [0.1, 0.15) is 27.2 Å². The van der Waals surface area contributed by atoms with Gasteiger partial charge in [-0.1, -0.05) is 34.5 Å². The number of benzene rings is 2. The van der Waals surface area contributed by atoms with E-state index in [9.17, 15) is 13.2 Å². The summed E-state index contributed by atoms with van der Waals surface area (Å²) in [6, 6.07) is 11.0. The maximum Gasteiger partial charge on any atom is 0.245 e. The van der Waals surface area contributed by atoms with Crippen molar-refractivity contribution in [2.75, 3.05) is 11.9 Å². The standard InChI is InChI=1S/C19H21BrClNO4S/c1-4-11-26-17-10-7-14(21)12-16(17)22-18(23)19(2,3)27(24,25)15-8-5-13(20)6-9-15/h5-10,12H,4,11H2,1-3H3,(H,22,23). The molecule has 146 valence electrons. The highest BCUT2D eigenvalue weighted by Crippen LogP contribution is 2.32. The van der Waals surface area contributed by atoms with Crippen molar-refractivity contribution < 1.29 is 17.9 Å². The number of carbonyl (C=O) groups is 1. The largest absolute Gasteiger partial charge is 0.491 e. The fourth-order valence-electron chi connectivity index (χ4n) is 2.24. The molecule has 2 aromatic carbocycles. The number of carbonyl (C=O) groups excluding carboxylic acids is 1. The van der Waals surface area contributed by atoms with Crippen LogP contribution in [-0.2, 0) is 14.6 Å². The first-order chi connectivity index (χ1) is 12.6. The molecule has 0 aliphatic rings. The van der Waals surface area contributed by atoms with Gasteiger partial charge in [0.2, 0.25) is 5.91 Å². The minimum atomic E-state index is -3.92. The van der Waals surface area contributed by atoms with Gasteiger partial charge in [-0.2, -0.15) is 0 Å². The van der Waals surface area contributed by atoms with Gasteiger partial charge in [0, 0.05) is 9.50 Å². The number of anilines is 1. The predicted molar refractivity (Wildman–Crippen MR) is 111 cm³/mol. The lowest BCUT2D eigenvalue weighted by atomic mass is 10.2. The van der Waals surface area contributed by atoms with E-state index in [-0.39, 0.29) is 4.90 Å². The second-order valence-corrected chi connectivity index (χ2v) is 10.3. The topological polar surface area (TPSA) is 72.5 Å². The van der Waals surface area contributed by atoms with E-state index < -0.39 is 20.5 Å². The van der Waals surface area contributed by atoms with E-state index in [1.807, 2.05) is 6.92 Å². The van der Waals surface area contributed by atoms with Crippen molar-refractivity contribution in [1.82, 2.24) is 0 Å². The lowest BCUT2D eigenvalue weighted by Crippen LogP contribution is -2.44. The molecule has 2 rings (SSSR count). The molecule has 0 atom stereocenters. The number of sulfone groups is 1. The molecule has 1 amide bonds. The third-order valence-electron chi connectivity index (χ3n) is 3.99. The number of amides is 1. The second-order valence-electron chi connectivity index (χ2n) is 6.41. The summed E-state index contributed by atoms with van der Waals surface area (Å²) in [6.07, 6.45) is 0.791. The van der Waals surface area contributed by atoms with Crippen molar-refractivity contribution in [1.29, 1.82) is 0 Å². The Morgan fingerprint density at radius 1 is 1.19 bits per heavy atom. The van der Waals surface area contributed by atoms with Gasteiger partial charge in [-0.25, -0.2) is 8.42 Å². The molecule has 0 aliphatic carbocycles. The molecule has 0 saturated carbocycles. The summed E-state index contributed by atoms with van der Waals surface area (Å²) >= 11 is 9.29. The number of hydrogen-bond donors (Lipinski definition) is 1. The maximum absolute atomic E-state index is 13.0. The molecule has 5 nitrogen and oxygen atoms in total. The third-order valence-corrected chi connectivity index (χ3v) is 7.18. The Morgan fingerprint density at radius 3 is 2.41 bits per heavy atom. The van der Waals surface area contributed by atoms with Crippen molar-refractivity contribution in [3.63, 3.8) is 0 Å². The van der Waals surface area contributed by atoms with Crippen molar-refractivity contribution in [2.24, 2.45) is 0 Å². The van der Waals surface area contributed by atoms with Crippen LogP contribution in [0.4, 0.5) is 5.69 Å².